The van der Waals surface area contributed by atoms with Crippen molar-refractivity contribution in [3.63, 3.8) is 0 Å². The van der Waals surface area contributed by atoms with E-state index < -0.39 is 0 Å². The maximum atomic E-state index is 4.83. The maximum absolute atomic E-state index is 4.83. The van der Waals surface area contributed by atoms with Gasteiger partial charge >= 0.3 is 0 Å². The molecule has 1 aromatic heterocycles. The molecule has 0 spiro atoms. The molecule has 20 heavy (non-hydrogen) atoms. The van der Waals surface area contributed by atoms with Crippen molar-refractivity contribution in [2.24, 2.45) is 0 Å². The number of nitrogens with zero attached hydrogens (tertiary/aromatic N) is 2. The van der Waals surface area contributed by atoms with Crippen LogP contribution in [0.3, 0.4) is 0 Å². The lowest BCUT2D eigenvalue weighted by atomic mass is 10.1. The first-order valence-corrected chi connectivity index (χ1v) is 8.07. The summed E-state index contributed by atoms with van der Waals surface area (Å²) in [6, 6.07) is 4.96. The second-order valence-electron chi connectivity index (χ2n) is 5.50. The van der Waals surface area contributed by atoms with Gasteiger partial charge in [0.05, 0.1) is 0 Å². The fourth-order valence-electron chi connectivity index (χ4n) is 2.29. The molecule has 3 heteroatoms. The van der Waals surface area contributed by atoms with E-state index in [0.29, 0.717) is 6.04 Å². The molecule has 1 atom stereocenters. The number of unbranched alkanes of at least 4 members (excludes halogenated alkanes) is 1. The predicted octanol–water partition coefficient (Wildman–Crippen LogP) is 3.90. The van der Waals surface area contributed by atoms with Crippen LogP contribution in [0.2, 0.25) is 0 Å². The van der Waals surface area contributed by atoms with Crippen molar-refractivity contribution < 1.29 is 0 Å². The average molecular weight is 277 g/mol. The van der Waals surface area contributed by atoms with Crippen LogP contribution in [0.4, 0.5) is 5.82 Å². The van der Waals surface area contributed by atoms with E-state index in [4.69, 9.17) is 4.98 Å². The SMILES string of the molecule is CCCCN(c1ccc(CNCC)c(C)n1)C(C)CC. The third-order valence-electron chi connectivity index (χ3n) is 3.92. The number of hydrogen-bond acceptors (Lipinski definition) is 3. The van der Waals surface area contributed by atoms with Crippen LogP contribution in [0.15, 0.2) is 12.1 Å². The smallest absolute Gasteiger partial charge is 0.129 e. The van der Waals surface area contributed by atoms with Crippen LogP contribution in [0.25, 0.3) is 0 Å². The molecule has 1 rings (SSSR count). The number of pyridine rings is 1. The summed E-state index contributed by atoms with van der Waals surface area (Å²) in [5.41, 5.74) is 2.45. The standard InChI is InChI=1S/C17H31N3/c1-6-9-12-20(14(4)7-2)17-11-10-16(13-18-8-3)15(5)19-17/h10-11,14,18H,6-9,12-13H2,1-5H3. The van der Waals surface area contributed by atoms with E-state index in [9.17, 15) is 0 Å². The first-order valence-electron chi connectivity index (χ1n) is 8.07. The first kappa shape index (κ1) is 17.0. The van der Waals surface area contributed by atoms with Gasteiger partial charge in [-0.2, -0.15) is 0 Å². The van der Waals surface area contributed by atoms with Crippen LogP contribution in [-0.4, -0.2) is 24.1 Å². The Morgan fingerprint density at radius 3 is 2.55 bits per heavy atom. The summed E-state index contributed by atoms with van der Waals surface area (Å²) >= 11 is 0. The number of hydrogen-bond donors (Lipinski definition) is 1. The lowest BCUT2D eigenvalue weighted by molar-refractivity contribution is 0.588. The highest BCUT2D eigenvalue weighted by Gasteiger charge is 2.14. The third-order valence-corrected chi connectivity index (χ3v) is 3.92. The normalized spacial score (nSPS) is 12.4. The number of rotatable bonds is 9. The Morgan fingerprint density at radius 1 is 1.25 bits per heavy atom. The molecule has 0 aliphatic carbocycles. The summed E-state index contributed by atoms with van der Waals surface area (Å²) in [4.78, 5) is 7.29. The van der Waals surface area contributed by atoms with Crippen molar-refractivity contribution in [2.75, 3.05) is 18.0 Å². The van der Waals surface area contributed by atoms with Gasteiger partial charge in [0.2, 0.25) is 0 Å². The Labute approximate surface area is 124 Å². The zero-order valence-electron chi connectivity index (χ0n) is 13.9. The third kappa shape index (κ3) is 4.78. The van der Waals surface area contributed by atoms with Gasteiger partial charge in [-0.1, -0.05) is 33.3 Å². The van der Waals surface area contributed by atoms with E-state index in [2.05, 4.69) is 57.0 Å². The van der Waals surface area contributed by atoms with E-state index in [1.54, 1.807) is 0 Å². The van der Waals surface area contributed by atoms with Crippen molar-refractivity contribution in [1.82, 2.24) is 10.3 Å². The molecule has 1 unspecified atom stereocenters. The Balaban J connectivity index is 2.87. The summed E-state index contributed by atoms with van der Waals surface area (Å²) in [6.45, 7) is 14.0. The summed E-state index contributed by atoms with van der Waals surface area (Å²) in [5.74, 6) is 1.13. The van der Waals surface area contributed by atoms with Gasteiger partial charge in [-0.25, -0.2) is 4.98 Å². The molecule has 3 nitrogen and oxygen atoms in total. The summed E-state index contributed by atoms with van der Waals surface area (Å²) < 4.78 is 0. The van der Waals surface area contributed by atoms with Crippen LogP contribution < -0.4 is 10.2 Å². The minimum Gasteiger partial charge on any atom is -0.354 e. The minimum absolute atomic E-state index is 0.549. The molecular formula is C17H31N3. The lowest BCUT2D eigenvalue weighted by Crippen LogP contribution is -2.34. The molecule has 0 saturated heterocycles. The molecule has 0 aliphatic heterocycles. The Kier molecular flexibility index (Phi) is 7.60. The van der Waals surface area contributed by atoms with Gasteiger partial charge in [0.25, 0.3) is 0 Å². The number of nitrogens with one attached hydrogen (secondary N) is 1. The molecule has 1 N–H and O–H groups in total. The molecule has 1 aromatic rings. The van der Waals surface area contributed by atoms with E-state index >= 15 is 0 Å². The molecule has 0 saturated carbocycles. The van der Waals surface area contributed by atoms with Gasteiger partial charge in [0, 0.05) is 24.8 Å². The van der Waals surface area contributed by atoms with Crippen LogP contribution in [-0.2, 0) is 6.54 Å². The Morgan fingerprint density at radius 2 is 2.00 bits per heavy atom. The first-order chi connectivity index (χ1) is 9.63. The van der Waals surface area contributed by atoms with Crippen LogP contribution in [0.1, 0.15) is 58.2 Å². The van der Waals surface area contributed by atoms with Gasteiger partial charge in [0.15, 0.2) is 0 Å². The highest BCUT2D eigenvalue weighted by Crippen LogP contribution is 2.19. The molecule has 1 heterocycles. The van der Waals surface area contributed by atoms with Crippen LogP contribution in [0.5, 0.6) is 0 Å². The summed E-state index contributed by atoms with van der Waals surface area (Å²) in [5, 5.41) is 3.37. The molecule has 0 fully saturated rings. The summed E-state index contributed by atoms with van der Waals surface area (Å²) in [6.07, 6.45) is 3.61. The van der Waals surface area contributed by atoms with E-state index in [1.807, 2.05) is 0 Å². The lowest BCUT2D eigenvalue weighted by Gasteiger charge is -2.30. The summed E-state index contributed by atoms with van der Waals surface area (Å²) in [7, 11) is 0. The van der Waals surface area contributed by atoms with Crippen LogP contribution >= 0.6 is 0 Å². The fourth-order valence-corrected chi connectivity index (χ4v) is 2.29. The maximum Gasteiger partial charge on any atom is 0.129 e. The Bertz CT molecular complexity index is 390. The van der Waals surface area contributed by atoms with Gasteiger partial charge in [0.1, 0.15) is 5.82 Å². The molecule has 0 aromatic carbocycles. The molecule has 0 aliphatic rings. The van der Waals surface area contributed by atoms with Crippen LogP contribution in [0, 0.1) is 6.92 Å². The zero-order chi connectivity index (χ0) is 15.0. The molecular weight excluding hydrogens is 246 g/mol. The predicted molar refractivity (Wildman–Crippen MR) is 88.4 cm³/mol. The molecule has 0 radical (unpaired) electrons. The monoisotopic (exact) mass is 277 g/mol. The van der Waals surface area contributed by atoms with E-state index in [1.165, 1.54) is 18.4 Å². The molecule has 0 bridgehead atoms. The van der Waals surface area contributed by atoms with Crippen molar-refractivity contribution in [3.05, 3.63) is 23.4 Å². The molecule has 0 amide bonds. The van der Waals surface area contributed by atoms with Gasteiger partial charge in [-0.05, 0) is 44.9 Å². The molecule has 114 valence electrons. The van der Waals surface area contributed by atoms with Gasteiger partial charge < -0.3 is 10.2 Å². The highest BCUT2D eigenvalue weighted by molar-refractivity contribution is 5.42. The quantitative estimate of drug-likeness (QED) is 0.742. The van der Waals surface area contributed by atoms with Crippen molar-refractivity contribution in [2.45, 2.75) is 66.5 Å². The zero-order valence-corrected chi connectivity index (χ0v) is 13.9. The number of aryl methyl sites for hydroxylation is 1. The van der Waals surface area contributed by atoms with E-state index in [-0.39, 0.29) is 0 Å². The van der Waals surface area contributed by atoms with Gasteiger partial charge in [-0.3, -0.25) is 0 Å². The number of anilines is 1. The van der Waals surface area contributed by atoms with Crippen molar-refractivity contribution in [3.8, 4) is 0 Å². The largest absolute Gasteiger partial charge is 0.354 e. The van der Waals surface area contributed by atoms with Crippen molar-refractivity contribution in [1.29, 1.82) is 0 Å². The highest BCUT2D eigenvalue weighted by atomic mass is 15.2. The average Bonchev–Trinajstić information content (AvgIpc) is 2.46. The second kappa shape index (κ2) is 8.96. The topological polar surface area (TPSA) is 28.2 Å². The minimum atomic E-state index is 0.549. The Hall–Kier alpha value is -1.09. The fraction of sp³-hybridized carbons (Fsp3) is 0.706. The van der Waals surface area contributed by atoms with Gasteiger partial charge in [-0.15, -0.1) is 0 Å². The second-order valence-corrected chi connectivity index (χ2v) is 5.50. The van der Waals surface area contributed by atoms with E-state index in [0.717, 1.165) is 37.6 Å². The number of aromatic nitrogens is 1. The van der Waals surface area contributed by atoms with Crippen molar-refractivity contribution >= 4 is 5.82 Å².